The van der Waals surface area contributed by atoms with E-state index < -0.39 is 0 Å². The molecule has 3 rings (SSSR count). The van der Waals surface area contributed by atoms with Crippen molar-refractivity contribution in [3.8, 4) is 0 Å². The number of aromatic nitrogens is 2. The number of imidazole rings is 1. The van der Waals surface area contributed by atoms with Crippen molar-refractivity contribution >= 4 is 23.3 Å². The lowest BCUT2D eigenvalue weighted by atomic mass is 10.1. The number of halogens is 1. The molecule has 102 valence electrons. The van der Waals surface area contributed by atoms with Crippen LogP contribution >= 0.6 is 12.2 Å². The Kier molecular flexibility index (Phi) is 3.40. The molecule has 1 atom stereocenters. The average molecular weight is 286 g/mol. The Morgan fingerprint density at radius 2 is 1.85 bits per heavy atom. The summed E-state index contributed by atoms with van der Waals surface area (Å²) in [7, 11) is 0. The molecule has 0 aliphatic heterocycles. The van der Waals surface area contributed by atoms with Gasteiger partial charge >= 0.3 is 0 Å². The Morgan fingerprint density at radius 1 is 1.15 bits per heavy atom. The smallest absolute Gasteiger partial charge is 0.178 e. The Bertz CT molecular complexity index is 786. The van der Waals surface area contributed by atoms with Gasteiger partial charge in [-0.25, -0.2) is 4.39 Å². The summed E-state index contributed by atoms with van der Waals surface area (Å²) in [6.07, 6.45) is 0.816. The van der Waals surface area contributed by atoms with Crippen LogP contribution in [0.3, 0.4) is 0 Å². The lowest BCUT2D eigenvalue weighted by molar-refractivity contribution is 0.551. The van der Waals surface area contributed by atoms with Crippen LogP contribution in [0.25, 0.3) is 11.0 Å². The van der Waals surface area contributed by atoms with Gasteiger partial charge in [0.25, 0.3) is 0 Å². The first kappa shape index (κ1) is 13.1. The van der Waals surface area contributed by atoms with Crippen LogP contribution in [0.1, 0.15) is 18.5 Å². The normalized spacial score (nSPS) is 12.7. The lowest BCUT2D eigenvalue weighted by Gasteiger charge is -2.14. The zero-order valence-electron chi connectivity index (χ0n) is 11.1. The predicted octanol–water partition coefficient (Wildman–Crippen LogP) is 4.64. The van der Waals surface area contributed by atoms with Crippen molar-refractivity contribution in [2.75, 3.05) is 0 Å². The summed E-state index contributed by atoms with van der Waals surface area (Å²) in [6, 6.07) is 14.9. The minimum Gasteiger partial charge on any atom is -0.331 e. The fraction of sp³-hybridized carbons (Fsp3) is 0.188. The van der Waals surface area contributed by atoms with Gasteiger partial charge < -0.3 is 9.55 Å². The Balaban J connectivity index is 1.96. The second-order valence-electron chi connectivity index (χ2n) is 5.00. The molecule has 0 saturated carbocycles. The van der Waals surface area contributed by atoms with Gasteiger partial charge in [-0.05, 0) is 55.4 Å². The van der Waals surface area contributed by atoms with E-state index in [0.717, 1.165) is 27.8 Å². The van der Waals surface area contributed by atoms with Crippen molar-refractivity contribution in [3.05, 3.63) is 64.7 Å². The van der Waals surface area contributed by atoms with Crippen molar-refractivity contribution in [2.45, 2.75) is 19.4 Å². The third kappa shape index (κ3) is 2.39. The van der Waals surface area contributed by atoms with E-state index in [9.17, 15) is 4.39 Å². The number of fused-ring (bicyclic) bond motifs is 1. The molecule has 1 N–H and O–H groups in total. The molecular weight excluding hydrogens is 271 g/mol. The van der Waals surface area contributed by atoms with E-state index in [0.29, 0.717) is 0 Å². The highest BCUT2D eigenvalue weighted by atomic mass is 32.1. The van der Waals surface area contributed by atoms with Crippen molar-refractivity contribution in [1.29, 1.82) is 0 Å². The summed E-state index contributed by atoms with van der Waals surface area (Å²) in [5.74, 6) is -0.204. The minimum absolute atomic E-state index is 0.204. The maximum atomic E-state index is 12.9. The van der Waals surface area contributed by atoms with Gasteiger partial charge in [0.05, 0.1) is 11.0 Å². The first-order valence-electron chi connectivity index (χ1n) is 6.59. The average Bonchev–Trinajstić information content (AvgIpc) is 2.77. The summed E-state index contributed by atoms with van der Waals surface area (Å²) in [5.41, 5.74) is 3.25. The first-order valence-corrected chi connectivity index (χ1v) is 6.99. The number of nitrogens with zero attached hydrogens (tertiary/aromatic N) is 1. The number of rotatable bonds is 3. The summed E-state index contributed by atoms with van der Waals surface area (Å²) < 4.78 is 15.8. The molecule has 0 amide bonds. The van der Waals surface area contributed by atoms with Gasteiger partial charge in [-0.3, -0.25) is 0 Å². The van der Waals surface area contributed by atoms with Crippen molar-refractivity contribution < 1.29 is 4.39 Å². The third-order valence-corrected chi connectivity index (χ3v) is 3.81. The molecule has 0 aliphatic carbocycles. The summed E-state index contributed by atoms with van der Waals surface area (Å²) in [6.45, 7) is 2.12. The highest BCUT2D eigenvalue weighted by molar-refractivity contribution is 7.71. The lowest BCUT2D eigenvalue weighted by Crippen LogP contribution is -2.08. The number of benzene rings is 2. The summed E-state index contributed by atoms with van der Waals surface area (Å²) in [4.78, 5) is 3.22. The van der Waals surface area contributed by atoms with Gasteiger partial charge in [0.2, 0.25) is 0 Å². The molecule has 0 aliphatic rings. The van der Waals surface area contributed by atoms with E-state index in [1.54, 1.807) is 0 Å². The second kappa shape index (κ2) is 5.21. The maximum Gasteiger partial charge on any atom is 0.178 e. The van der Waals surface area contributed by atoms with Crippen molar-refractivity contribution in [3.63, 3.8) is 0 Å². The van der Waals surface area contributed by atoms with Crippen LogP contribution in [-0.4, -0.2) is 9.55 Å². The Morgan fingerprint density at radius 3 is 2.60 bits per heavy atom. The fourth-order valence-electron chi connectivity index (χ4n) is 2.56. The largest absolute Gasteiger partial charge is 0.331 e. The number of nitrogens with one attached hydrogen (secondary N) is 1. The van der Waals surface area contributed by atoms with Gasteiger partial charge in [0, 0.05) is 6.04 Å². The van der Waals surface area contributed by atoms with Gasteiger partial charge in [0.1, 0.15) is 5.82 Å². The molecular formula is C16H15FN2S. The van der Waals surface area contributed by atoms with Crippen LogP contribution in [0.4, 0.5) is 4.39 Å². The summed E-state index contributed by atoms with van der Waals surface area (Å²) >= 11 is 5.41. The molecule has 1 heterocycles. The molecule has 0 radical (unpaired) electrons. The van der Waals surface area contributed by atoms with E-state index >= 15 is 0 Å². The van der Waals surface area contributed by atoms with Gasteiger partial charge in [0.15, 0.2) is 4.77 Å². The van der Waals surface area contributed by atoms with Crippen LogP contribution in [0.5, 0.6) is 0 Å². The molecule has 0 bridgehead atoms. The van der Waals surface area contributed by atoms with Gasteiger partial charge in [-0.15, -0.1) is 0 Å². The van der Waals surface area contributed by atoms with Crippen molar-refractivity contribution in [1.82, 2.24) is 9.55 Å². The molecule has 2 aromatic carbocycles. The Labute approximate surface area is 121 Å². The van der Waals surface area contributed by atoms with E-state index in [1.807, 2.05) is 30.3 Å². The van der Waals surface area contributed by atoms with Crippen LogP contribution in [-0.2, 0) is 6.42 Å². The molecule has 0 spiro atoms. The maximum absolute atomic E-state index is 12.9. The molecule has 2 nitrogen and oxygen atoms in total. The van der Waals surface area contributed by atoms with Crippen LogP contribution in [0.2, 0.25) is 0 Å². The minimum atomic E-state index is -0.204. The van der Waals surface area contributed by atoms with Crippen LogP contribution in [0.15, 0.2) is 48.5 Å². The SMILES string of the molecule is CC(Cc1ccc(F)cc1)n1c(=S)[nH]c2ccccc21. The van der Waals surface area contributed by atoms with Gasteiger partial charge in [-0.1, -0.05) is 24.3 Å². The molecule has 3 aromatic rings. The zero-order valence-corrected chi connectivity index (χ0v) is 12.0. The topological polar surface area (TPSA) is 20.7 Å². The van der Waals surface area contributed by atoms with E-state index in [2.05, 4.69) is 22.5 Å². The highest BCUT2D eigenvalue weighted by Crippen LogP contribution is 2.21. The number of H-pyrrole nitrogens is 1. The highest BCUT2D eigenvalue weighted by Gasteiger charge is 2.11. The molecule has 1 unspecified atom stereocenters. The standard InChI is InChI=1S/C16H15FN2S/c1-11(10-12-6-8-13(17)9-7-12)19-15-5-3-2-4-14(15)18-16(19)20/h2-9,11H,10H2,1H3,(H,18,20). The quantitative estimate of drug-likeness (QED) is 0.695. The molecule has 4 heteroatoms. The monoisotopic (exact) mass is 286 g/mol. The zero-order chi connectivity index (χ0) is 14.1. The van der Waals surface area contributed by atoms with E-state index in [-0.39, 0.29) is 11.9 Å². The van der Waals surface area contributed by atoms with Crippen LogP contribution in [0, 0.1) is 10.6 Å². The number of hydrogen-bond donors (Lipinski definition) is 1. The van der Waals surface area contributed by atoms with E-state index in [1.165, 1.54) is 12.1 Å². The molecule has 0 saturated heterocycles. The first-order chi connectivity index (χ1) is 9.65. The molecule has 20 heavy (non-hydrogen) atoms. The van der Waals surface area contributed by atoms with E-state index in [4.69, 9.17) is 12.2 Å². The summed E-state index contributed by atoms with van der Waals surface area (Å²) in [5, 5.41) is 0. The third-order valence-electron chi connectivity index (χ3n) is 3.51. The predicted molar refractivity (Wildman–Crippen MR) is 81.9 cm³/mol. The number of hydrogen-bond acceptors (Lipinski definition) is 1. The second-order valence-corrected chi connectivity index (χ2v) is 5.38. The molecule has 0 fully saturated rings. The fourth-order valence-corrected chi connectivity index (χ4v) is 2.95. The Hall–Kier alpha value is -1.94. The van der Waals surface area contributed by atoms with Gasteiger partial charge in [-0.2, -0.15) is 0 Å². The molecule has 1 aromatic heterocycles. The van der Waals surface area contributed by atoms with Crippen LogP contribution < -0.4 is 0 Å². The van der Waals surface area contributed by atoms with Crippen molar-refractivity contribution in [2.24, 2.45) is 0 Å². The number of para-hydroxylation sites is 2. The number of aromatic amines is 1.